The number of amides is 1. The molecule has 0 radical (unpaired) electrons. The smallest absolute Gasteiger partial charge is 0.333 e. The average molecular weight is 331 g/mol. The van der Waals surface area contributed by atoms with Crippen molar-refractivity contribution in [3.63, 3.8) is 0 Å². The van der Waals surface area contributed by atoms with Crippen LogP contribution in [0.1, 0.15) is 45.2 Å². The molecule has 1 aromatic carbocycles. The van der Waals surface area contributed by atoms with Crippen molar-refractivity contribution < 1.29 is 19.1 Å². The summed E-state index contributed by atoms with van der Waals surface area (Å²) in [6.07, 6.45) is 1.03. The van der Waals surface area contributed by atoms with Gasteiger partial charge in [-0.3, -0.25) is 9.59 Å². The van der Waals surface area contributed by atoms with Crippen LogP contribution in [0.5, 0.6) is 0 Å². The zero-order valence-electron chi connectivity index (χ0n) is 14.7. The summed E-state index contributed by atoms with van der Waals surface area (Å²) in [6, 6.07) is 8.21. The molecule has 3 atom stereocenters. The molecular weight excluding hydrogens is 306 g/mol. The van der Waals surface area contributed by atoms with Crippen molar-refractivity contribution in [3.8, 4) is 0 Å². The van der Waals surface area contributed by atoms with E-state index in [1.165, 1.54) is 7.11 Å². The summed E-state index contributed by atoms with van der Waals surface area (Å²) in [5.74, 6) is -0.368. The normalized spacial score (nSPS) is 22.8. The molecule has 5 nitrogen and oxygen atoms in total. The number of ether oxygens (including phenoxy) is 1. The zero-order valence-corrected chi connectivity index (χ0v) is 14.7. The second-order valence-corrected chi connectivity index (χ2v) is 7.06. The summed E-state index contributed by atoms with van der Waals surface area (Å²) in [7, 11) is 1.30. The van der Waals surface area contributed by atoms with Gasteiger partial charge >= 0.3 is 5.97 Å². The Morgan fingerprint density at radius 3 is 2.38 bits per heavy atom. The molecule has 1 aliphatic rings. The minimum Gasteiger partial charge on any atom is -0.467 e. The van der Waals surface area contributed by atoms with Crippen LogP contribution in [0.15, 0.2) is 30.3 Å². The third-order valence-electron chi connectivity index (χ3n) is 5.27. The molecule has 1 aromatic rings. The average Bonchev–Trinajstić information content (AvgIpc) is 2.55. The molecule has 5 heteroatoms. The van der Waals surface area contributed by atoms with E-state index in [-0.39, 0.29) is 28.9 Å². The lowest BCUT2D eigenvalue weighted by Crippen LogP contribution is -2.50. The Hall–Kier alpha value is -2.17. The maximum absolute atomic E-state index is 12.4. The summed E-state index contributed by atoms with van der Waals surface area (Å²) in [5, 5.41) is 2.77. The summed E-state index contributed by atoms with van der Waals surface area (Å²) < 4.78 is 4.80. The fraction of sp³-hybridized carbons (Fsp3) is 0.526. The van der Waals surface area contributed by atoms with E-state index in [2.05, 4.69) is 5.32 Å². The number of hydrogen-bond acceptors (Lipinski definition) is 4. The zero-order chi connectivity index (χ0) is 17.9. The molecule has 2 rings (SSSR count). The maximum Gasteiger partial charge on any atom is 0.333 e. The van der Waals surface area contributed by atoms with Gasteiger partial charge in [-0.1, -0.05) is 44.2 Å². The SMILES string of the molecule is COC(=O)[C@@H](NC(=O)C[C@@H]1C[C@H](C(C)=O)C1(C)C)c1ccccc1. The first-order chi connectivity index (χ1) is 11.3. The lowest BCUT2D eigenvalue weighted by atomic mass is 9.52. The fourth-order valence-corrected chi connectivity index (χ4v) is 3.54. The van der Waals surface area contributed by atoms with Gasteiger partial charge in [0.05, 0.1) is 7.11 Å². The molecule has 0 unspecified atom stereocenters. The summed E-state index contributed by atoms with van der Waals surface area (Å²) in [4.78, 5) is 36.0. The van der Waals surface area contributed by atoms with Gasteiger partial charge in [0.15, 0.2) is 6.04 Å². The van der Waals surface area contributed by atoms with E-state index in [0.29, 0.717) is 12.0 Å². The standard InChI is InChI=1S/C19H25NO4/c1-12(21)15-10-14(19(15,2)3)11-16(22)20-17(18(23)24-4)13-8-6-5-7-9-13/h5-9,14-15,17H,10-11H2,1-4H3,(H,20,22)/t14-,15+,17-/m0/s1. The van der Waals surface area contributed by atoms with E-state index in [9.17, 15) is 14.4 Å². The topological polar surface area (TPSA) is 72.5 Å². The monoisotopic (exact) mass is 331 g/mol. The largest absolute Gasteiger partial charge is 0.467 e. The van der Waals surface area contributed by atoms with Crippen LogP contribution < -0.4 is 5.32 Å². The predicted octanol–water partition coefficient (Wildman–Crippen LogP) is 2.66. The first-order valence-electron chi connectivity index (χ1n) is 8.20. The van der Waals surface area contributed by atoms with Gasteiger partial charge in [-0.05, 0) is 30.2 Å². The molecule has 0 heterocycles. The highest BCUT2D eigenvalue weighted by Crippen LogP contribution is 2.53. The van der Waals surface area contributed by atoms with Crippen LogP contribution in [-0.2, 0) is 19.1 Å². The van der Waals surface area contributed by atoms with Gasteiger partial charge in [0.1, 0.15) is 5.78 Å². The molecule has 1 saturated carbocycles. The Morgan fingerprint density at radius 2 is 1.88 bits per heavy atom. The highest BCUT2D eigenvalue weighted by Gasteiger charge is 2.50. The number of Topliss-reactive ketones (excluding diaryl/α,β-unsaturated/α-hetero) is 1. The van der Waals surface area contributed by atoms with Gasteiger partial charge in [0.2, 0.25) is 5.91 Å². The fourth-order valence-electron chi connectivity index (χ4n) is 3.54. The van der Waals surface area contributed by atoms with Crippen LogP contribution in [0.3, 0.4) is 0 Å². The molecule has 24 heavy (non-hydrogen) atoms. The van der Waals surface area contributed by atoms with Gasteiger partial charge in [-0.15, -0.1) is 0 Å². The minimum absolute atomic E-state index is 0.0147. The third-order valence-corrected chi connectivity index (χ3v) is 5.27. The molecule has 1 aliphatic carbocycles. The number of carbonyl (C=O) groups excluding carboxylic acids is 3. The van der Waals surface area contributed by atoms with Crippen molar-refractivity contribution in [1.82, 2.24) is 5.32 Å². The van der Waals surface area contributed by atoms with E-state index >= 15 is 0 Å². The molecule has 1 fully saturated rings. The number of rotatable bonds is 6. The van der Waals surface area contributed by atoms with Crippen LogP contribution in [0.2, 0.25) is 0 Å². The third kappa shape index (κ3) is 3.66. The van der Waals surface area contributed by atoms with E-state index in [1.54, 1.807) is 19.1 Å². The summed E-state index contributed by atoms with van der Waals surface area (Å²) in [6.45, 7) is 5.65. The minimum atomic E-state index is -0.810. The van der Waals surface area contributed by atoms with Crippen molar-refractivity contribution in [1.29, 1.82) is 0 Å². The van der Waals surface area contributed by atoms with E-state index < -0.39 is 12.0 Å². The van der Waals surface area contributed by atoms with Crippen molar-refractivity contribution in [2.24, 2.45) is 17.3 Å². The molecule has 0 saturated heterocycles. The highest BCUT2D eigenvalue weighted by atomic mass is 16.5. The van der Waals surface area contributed by atoms with Crippen molar-refractivity contribution >= 4 is 17.7 Å². The molecule has 1 N–H and O–H groups in total. The van der Waals surface area contributed by atoms with Crippen LogP contribution in [0, 0.1) is 17.3 Å². The van der Waals surface area contributed by atoms with Crippen molar-refractivity contribution in [2.45, 2.75) is 39.7 Å². The number of ketones is 1. The van der Waals surface area contributed by atoms with Gasteiger partial charge < -0.3 is 10.1 Å². The molecule has 0 aromatic heterocycles. The number of benzene rings is 1. The number of methoxy groups -OCH3 is 1. The number of carbonyl (C=O) groups is 3. The number of hydrogen-bond donors (Lipinski definition) is 1. The Bertz CT molecular complexity index is 624. The maximum atomic E-state index is 12.4. The van der Waals surface area contributed by atoms with Gasteiger partial charge in [0.25, 0.3) is 0 Å². The molecule has 0 bridgehead atoms. The van der Waals surface area contributed by atoms with Gasteiger partial charge in [0, 0.05) is 12.3 Å². The Balaban J connectivity index is 2.02. The van der Waals surface area contributed by atoms with Crippen LogP contribution in [0.4, 0.5) is 0 Å². The Kier molecular flexibility index (Phi) is 5.42. The highest BCUT2D eigenvalue weighted by molar-refractivity contribution is 5.86. The van der Waals surface area contributed by atoms with E-state index in [4.69, 9.17) is 4.74 Å². The van der Waals surface area contributed by atoms with Crippen molar-refractivity contribution in [2.75, 3.05) is 7.11 Å². The molecule has 1 amide bonds. The first-order valence-corrected chi connectivity index (χ1v) is 8.20. The molecule has 0 spiro atoms. The second-order valence-electron chi connectivity index (χ2n) is 7.06. The molecule has 130 valence electrons. The number of nitrogens with one attached hydrogen (secondary N) is 1. The van der Waals surface area contributed by atoms with Crippen molar-refractivity contribution in [3.05, 3.63) is 35.9 Å². The molecular formula is C19H25NO4. The quantitative estimate of drug-likeness (QED) is 0.814. The molecule has 0 aliphatic heterocycles. The second kappa shape index (κ2) is 7.16. The Labute approximate surface area is 142 Å². The Morgan fingerprint density at radius 1 is 1.25 bits per heavy atom. The first kappa shape index (κ1) is 18.2. The van der Waals surface area contributed by atoms with Crippen LogP contribution in [-0.4, -0.2) is 24.8 Å². The summed E-state index contributed by atoms with van der Waals surface area (Å²) >= 11 is 0. The van der Waals surface area contributed by atoms with Crippen LogP contribution in [0.25, 0.3) is 0 Å². The predicted molar refractivity (Wildman–Crippen MR) is 90.0 cm³/mol. The van der Waals surface area contributed by atoms with Crippen LogP contribution >= 0.6 is 0 Å². The number of esters is 1. The lowest BCUT2D eigenvalue weighted by Gasteiger charge is -2.51. The van der Waals surface area contributed by atoms with E-state index in [1.807, 2.05) is 32.0 Å². The lowest BCUT2D eigenvalue weighted by molar-refractivity contribution is -0.146. The van der Waals surface area contributed by atoms with Gasteiger partial charge in [-0.2, -0.15) is 0 Å². The summed E-state index contributed by atoms with van der Waals surface area (Å²) in [5.41, 5.74) is 0.503. The van der Waals surface area contributed by atoms with Gasteiger partial charge in [-0.25, -0.2) is 4.79 Å². The van der Waals surface area contributed by atoms with E-state index in [0.717, 1.165) is 6.42 Å².